The van der Waals surface area contributed by atoms with Gasteiger partial charge in [0, 0.05) is 31.2 Å². The summed E-state index contributed by atoms with van der Waals surface area (Å²) in [7, 11) is -1.90. The van der Waals surface area contributed by atoms with Crippen molar-refractivity contribution in [2.75, 3.05) is 0 Å². The summed E-state index contributed by atoms with van der Waals surface area (Å²) in [5.74, 6) is -3.42. The third-order valence-corrected chi connectivity index (χ3v) is 8.82. The lowest BCUT2D eigenvalue weighted by Crippen LogP contribution is -2.52. The number of nitrogens with zero attached hydrogens (tertiary/aromatic N) is 4. The number of fused-ring (bicyclic) bond motifs is 1. The average Bonchev–Trinajstić information content (AvgIpc) is 3.11. The van der Waals surface area contributed by atoms with Crippen LogP contribution in [0.3, 0.4) is 0 Å². The number of para-hydroxylation sites is 2. The Balaban J connectivity index is 0.000000306. The molecule has 0 saturated carbocycles. The zero-order valence-electron chi connectivity index (χ0n) is 32.7. The molecule has 4 aromatic rings. The summed E-state index contributed by atoms with van der Waals surface area (Å²) >= 11 is 0. The first-order valence-corrected chi connectivity index (χ1v) is 18.0. The quantitative estimate of drug-likeness (QED) is 0.0857. The largest absolute Gasteiger partial charge is 0.475 e. The molecule has 0 radical (unpaired) electrons. The van der Waals surface area contributed by atoms with Crippen LogP contribution >= 0.6 is 0 Å². The zero-order chi connectivity index (χ0) is 41.1. The van der Waals surface area contributed by atoms with Gasteiger partial charge < -0.3 is 25.7 Å². The van der Waals surface area contributed by atoms with Crippen LogP contribution in [-0.4, -0.2) is 84.3 Å². The molecule has 292 valence electrons. The van der Waals surface area contributed by atoms with Crippen molar-refractivity contribution in [1.29, 1.82) is 0 Å². The Morgan fingerprint density at radius 1 is 0.727 bits per heavy atom. The van der Waals surface area contributed by atoms with Gasteiger partial charge in [-0.25, -0.2) is 14.4 Å². The Kier molecular flexibility index (Phi) is 15.4. The molecule has 0 aliphatic carbocycles. The van der Waals surface area contributed by atoms with Crippen molar-refractivity contribution in [3.05, 3.63) is 96.1 Å². The molecular weight excluding hydrogens is 705 g/mol. The highest BCUT2D eigenvalue weighted by Gasteiger charge is 2.37. The fraction of sp³-hybridized carbons (Fsp3) is 0.436. The van der Waals surface area contributed by atoms with Gasteiger partial charge in [0.25, 0.3) is 0 Å². The number of halogens is 1. The number of rotatable bonds is 15. The van der Waals surface area contributed by atoms with E-state index < -0.39 is 42.5 Å². The summed E-state index contributed by atoms with van der Waals surface area (Å²) in [4.78, 5) is 66.8. The Labute approximate surface area is 322 Å². The Bertz CT molecular complexity index is 1940. The lowest BCUT2D eigenvalue weighted by molar-refractivity contribution is -0.130. The minimum Gasteiger partial charge on any atom is -0.449 e. The average molecular weight is 756 g/mol. The number of carbonyl (C=O) groups is 4. The minimum atomic E-state index is -1.90. The topological polar surface area (TPSA) is 205 Å². The highest BCUT2D eigenvalue weighted by atomic mass is 19.1. The second-order valence-electron chi connectivity index (χ2n) is 16.2. The SMILES string of the molecule is CB(O)[C@H](CC(C)(C)C)NC(=O)C(C)(C)CC(=O)c1cnccn1.CC(C)(CC(=O)c1cnc2ccccc2n1)C(=O)N[C@@H](Cc1ccccc1F)B(O)O. The van der Waals surface area contributed by atoms with Gasteiger partial charge in [0.15, 0.2) is 11.6 Å². The van der Waals surface area contributed by atoms with E-state index in [1.54, 1.807) is 58.8 Å². The first kappa shape index (κ1) is 44.5. The molecule has 0 unspecified atom stereocenters. The van der Waals surface area contributed by atoms with E-state index in [1.165, 1.54) is 43.0 Å². The molecule has 2 aromatic carbocycles. The van der Waals surface area contributed by atoms with E-state index in [1.807, 2.05) is 6.07 Å². The summed E-state index contributed by atoms with van der Waals surface area (Å²) in [6.45, 7) is 13.7. The van der Waals surface area contributed by atoms with Gasteiger partial charge in [-0.15, -0.1) is 0 Å². The van der Waals surface area contributed by atoms with Crippen molar-refractivity contribution >= 4 is 48.4 Å². The number of hydrogen-bond donors (Lipinski definition) is 5. The second-order valence-corrected chi connectivity index (χ2v) is 16.2. The van der Waals surface area contributed by atoms with E-state index in [0.717, 1.165) is 0 Å². The zero-order valence-corrected chi connectivity index (χ0v) is 32.7. The fourth-order valence-corrected chi connectivity index (χ4v) is 5.54. The van der Waals surface area contributed by atoms with Crippen LogP contribution in [0, 0.1) is 22.1 Å². The molecule has 5 N–H and O–H groups in total. The standard InChI is InChI=1S/C22H23BFN3O4.C17H28BN3O3/c1-22(2,12-19(28)18-13-25-16-9-5-6-10-17(16)26-18)21(29)27-20(23(30)31)11-14-7-3-4-8-15(14)24;1-16(2,3)10-14(18(6)24)21-15(23)17(4,5)9-13(22)12-11-19-7-8-20-12/h3-10,13,20,30-31H,11-12H2,1-2H3,(H,27,29);7-8,11,14,24H,9-10H2,1-6H3,(H,21,23)/t20-;14-/m00/s1. The molecule has 2 aromatic heterocycles. The number of nitrogens with one attached hydrogen (secondary N) is 2. The van der Waals surface area contributed by atoms with E-state index in [4.69, 9.17) is 0 Å². The van der Waals surface area contributed by atoms with Gasteiger partial charge in [0.05, 0.1) is 40.2 Å². The van der Waals surface area contributed by atoms with Crippen LogP contribution in [0.2, 0.25) is 6.82 Å². The van der Waals surface area contributed by atoms with Gasteiger partial charge in [-0.1, -0.05) is 85.6 Å². The summed E-state index contributed by atoms with van der Waals surface area (Å²) < 4.78 is 13.9. The van der Waals surface area contributed by atoms with E-state index in [9.17, 15) is 38.6 Å². The molecule has 55 heavy (non-hydrogen) atoms. The second kappa shape index (κ2) is 19.1. The molecule has 13 nitrogen and oxygen atoms in total. The number of ketones is 2. The first-order valence-electron chi connectivity index (χ1n) is 18.0. The molecule has 4 rings (SSSR count). The highest BCUT2D eigenvalue weighted by molar-refractivity contribution is 6.51. The molecule has 0 aliphatic rings. The molecule has 2 amide bonds. The lowest BCUT2D eigenvalue weighted by atomic mass is 9.59. The summed E-state index contributed by atoms with van der Waals surface area (Å²) in [5, 5.41) is 34.7. The molecule has 0 aliphatic heterocycles. The summed E-state index contributed by atoms with van der Waals surface area (Å²) in [6, 6.07) is 13.0. The molecule has 0 bridgehead atoms. The predicted octanol–water partition coefficient (Wildman–Crippen LogP) is 4.26. The van der Waals surface area contributed by atoms with Gasteiger partial charge in [-0.05, 0) is 42.0 Å². The molecule has 2 heterocycles. The van der Waals surface area contributed by atoms with Crippen LogP contribution < -0.4 is 10.6 Å². The maximum atomic E-state index is 13.9. The Morgan fingerprint density at radius 2 is 1.27 bits per heavy atom. The van der Waals surface area contributed by atoms with E-state index >= 15 is 0 Å². The molecular formula is C39H51B2FN6O7. The normalized spacial score (nSPS) is 12.8. The number of aromatic nitrogens is 4. The van der Waals surface area contributed by atoms with E-state index in [-0.39, 0.29) is 65.0 Å². The molecule has 0 spiro atoms. The van der Waals surface area contributed by atoms with Crippen molar-refractivity contribution in [3.8, 4) is 0 Å². The van der Waals surface area contributed by atoms with Crippen LogP contribution in [0.4, 0.5) is 4.39 Å². The monoisotopic (exact) mass is 756 g/mol. The van der Waals surface area contributed by atoms with Gasteiger partial charge in [-0.2, -0.15) is 0 Å². The number of amides is 2. The fourth-order valence-electron chi connectivity index (χ4n) is 5.54. The van der Waals surface area contributed by atoms with E-state index in [0.29, 0.717) is 17.5 Å². The molecule has 0 saturated heterocycles. The molecule has 2 atom stereocenters. The van der Waals surface area contributed by atoms with Crippen LogP contribution in [0.15, 0.2) is 73.3 Å². The van der Waals surface area contributed by atoms with Crippen molar-refractivity contribution in [3.63, 3.8) is 0 Å². The summed E-state index contributed by atoms with van der Waals surface area (Å²) in [6.07, 6.45) is 6.10. The van der Waals surface area contributed by atoms with E-state index in [2.05, 4.69) is 51.3 Å². The number of benzene rings is 2. The third-order valence-electron chi connectivity index (χ3n) is 8.82. The van der Waals surface area contributed by atoms with Gasteiger partial charge in [0.2, 0.25) is 11.8 Å². The maximum Gasteiger partial charge on any atom is 0.475 e. The predicted molar refractivity (Wildman–Crippen MR) is 209 cm³/mol. The first-order chi connectivity index (χ1) is 25.6. The van der Waals surface area contributed by atoms with Crippen LogP contribution in [-0.2, 0) is 16.0 Å². The number of Topliss-reactive ketones (excluding diaryl/α,β-unsaturated/α-hetero) is 2. The summed E-state index contributed by atoms with van der Waals surface area (Å²) in [5.41, 5.74) is -0.250. The van der Waals surface area contributed by atoms with Crippen molar-refractivity contribution < 1.29 is 38.6 Å². The van der Waals surface area contributed by atoms with Crippen molar-refractivity contribution in [1.82, 2.24) is 30.6 Å². The Morgan fingerprint density at radius 3 is 1.80 bits per heavy atom. The van der Waals surface area contributed by atoms with Crippen LogP contribution in [0.1, 0.15) is 94.3 Å². The third kappa shape index (κ3) is 13.7. The lowest BCUT2D eigenvalue weighted by Gasteiger charge is -2.31. The van der Waals surface area contributed by atoms with Crippen LogP contribution in [0.25, 0.3) is 11.0 Å². The van der Waals surface area contributed by atoms with Crippen LogP contribution in [0.5, 0.6) is 0 Å². The van der Waals surface area contributed by atoms with Gasteiger partial charge in [0.1, 0.15) is 17.2 Å². The highest BCUT2D eigenvalue weighted by Crippen LogP contribution is 2.27. The van der Waals surface area contributed by atoms with Gasteiger partial charge in [-0.3, -0.25) is 29.1 Å². The molecule has 0 fully saturated rings. The van der Waals surface area contributed by atoms with Gasteiger partial charge >= 0.3 is 14.0 Å². The molecule has 16 heteroatoms. The van der Waals surface area contributed by atoms with Crippen molar-refractivity contribution in [2.24, 2.45) is 16.2 Å². The van der Waals surface area contributed by atoms with Crippen molar-refractivity contribution in [2.45, 2.75) is 92.9 Å². The maximum absolute atomic E-state index is 13.9. The Hall–Kier alpha value is -4.92. The number of hydrogen-bond acceptors (Lipinski definition) is 11. The number of carbonyl (C=O) groups excluding carboxylic acids is 4. The minimum absolute atomic E-state index is 0.0274. The smallest absolute Gasteiger partial charge is 0.449 e.